The molecule has 3 N–H and O–H groups in total. The van der Waals surface area contributed by atoms with Gasteiger partial charge in [0.1, 0.15) is 5.75 Å². The summed E-state index contributed by atoms with van der Waals surface area (Å²) in [5, 5.41) is 11.7. The van der Waals surface area contributed by atoms with E-state index in [0.29, 0.717) is 22.9 Å². The highest BCUT2D eigenvalue weighted by Gasteiger charge is 2.08. The molecule has 0 fully saturated rings. The molecule has 0 spiro atoms. The summed E-state index contributed by atoms with van der Waals surface area (Å²) in [6.45, 7) is 0. The van der Waals surface area contributed by atoms with Gasteiger partial charge in [-0.3, -0.25) is 4.79 Å². The van der Waals surface area contributed by atoms with Gasteiger partial charge in [0.25, 0.3) is 0 Å². The van der Waals surface area contributed by atoms with E-state index in [1.54, 1.807) is 17.5 Å². The number of fused-ring (bicyclic) bond motifs is 1. The molecule has 3 nitrogen and oxygen atoms in total. The second-order valence-electron chi connectivity index (χ2n) is 2.68. The van der Waals surface area contributed by atoms with Crippen molar-refractivity contribution in [2.75, 3.05) is 5.73 Å². The van der Waals surface area contributed by atoms with Crippen LogP contribution in [0.1, 0.15) is 10.4 Å². The van der Waals surface area contributed by atoms with E-state index in [2.05, 4.69) is 0 Å². The predicted octanol–water partition coefficient (Wildman–Crippen LogP) is 2.00. The molecule has 0 aliphatic rings. The molecule has 0 aliphatic carbocycles. The topological polar surface area (TPSA) is 63.3 Å². The predicted molar refractivity (Wildman–Crippen MR) is 53.3 cm³/mol. The number of thiophene rings is 1. The van der Waals surface area contributed by atoms with Crippen LogP contribution in [-0.4, -0.2) is 11.4 Å². The molecule has 13 heavy (non-hydrogen) atoms. The zero-order valence-corrected chi connectivity index (χ0v) is 7.47. The second-order valence-corrected chi connectivity index (χ2v) is 3.56. The monoisotopic (exact) mass is 193 g/mol. The van der Waals surface area contributed by atoms with Crippen molar-refractivity contribution >= 4 is 33.4 Å². The van der Waals surface area contributed by atoms with Crippen LogP contribution in [0.3, 0.4) is 0 Å². The minimum Gasteiger partial charge on any atom is -0.506 e. The summed E-state index contributed by atoms with van der Waals surface area (Å²) in [6, 6.07) is 3.30. The van der Waals surface area contributed by atoms with Crippen LogP contribution in [0, 0.1) is 0 Å². The highest BCUT2D eigenvalue weighted by Crippen LogP contribution is 2.36. The lowest BCUT2D eigenvalue weighted by atomic mass is 10.1. The Labute approximate surface area is 78.4 Å². The average Bonchev–Trinajstić information content (AvgIpc) is 2.50. The molecule has 0 unspecified atom stereocenters. The number of carbonyl (C=O) groups is 1. The van der Waals surface area contributed by atoms with Crippen LogP contribution in [0.2, 0.25) is 0 Å². The first-order valence-corrected chi connectivity index (χ1v) is 4.56. The van der Waals surface area contributed by atoms with Crippen LogP contribution in [0.4, 0.5) is 5.69 Å². The van der Waals surface area contributed by atoms with E-state index in [4.69, 9.17) is 5.73 Å². The number of hydrogen-bond acceptors (Lipinski definition) is 4. The van der Waals surface area contributed by atoms with E-state index in [-0.39, 0.29) is 5.75 Å². The zero-order valence-electron chi connectivity index (χ0n) is 6.65. The molecular formula is C9H7NO2S. The molecule has 4 heteroatoms. The van der Waals surface area contributed by atoms with Crippen molar-refractivity contribution in [3.05, 3.63) is 23.1 Å². The van der Waals surface area contributed by atoms with Crippen LogP contribution in [0.15, 0.2) is 17.5 Å². The summed E-state index contributed by atoms with van der Waals surface area (Å²) in [5.41, 5.74) is 6.62. The van der Waals surface area contributed by atoms with Crippen molar-refractivity contribution in [2.24, 2.45) is 0 Å². The zero-order chi connectivity index (χ0) is 9.42. The van der Waals surface area contributed by atoms with Crippen molar-refractivity contribution in [1.29, 1.82) is 0 Å². The van der Waals surface area contributed by atoms with Gasteiger partial charge < -0.3 is 10.8 Å². The molecule has 0 bridgehead atoms. The van der Waals surface area contributed by atoms with E-state index < -0.39 is 0 Å². The van der Waals surface area contributed by atoms with Crippen LogP contribution in [0.25, 0.3) is 10.1 Å². The molecular weight excluding hydrogens is 186 g/mol. The lowest BCUT2D eigenvalue weighted by Gasteiger charge is -1.98. The molecule has 0 radical (unpaired) electrons. The SMILES string of the molecule is Nc1c(C=O)ccc2c(O)csc12. The van der Waals surface area contributed by atoms with Gasteiger partial charge in [-0.2, -0.15) is 0 Å². The molecule has 0 saturated heterocycles. The van der Waals surface area contributed by atoms with Gasteiger partial charge in [-0.1, -0.05) is 0 Å². The molecule has 1 heterocycles. The van der Waals surface area contributed by atoms with Gasteiger partial charge in [-0.05, 0) is 12.1 Å². The highest BCUT2D eigenvalue weighted by atomic mass is 32.1. The Morgan fingerprint density at radius 2 is 2.23 bits per heavy atom. The Balaban J connectivity index is 2.87. The van der Waals surface area contributed by atoms with Crippen LogP contribution < -0.4 is 5.73 Å². The smallest absolute Gasteiger partial charge is 0.152 e. The van der Waals surface area contributed by atoms with Gasteiger partial charge in [-0.15, -0.1) is 11.3 Å². The minimum atomic E-state index is 0.212. The third-order valence-corrected chi connectivity index (χ3v) is 2.94. The fourth-order valence-electron chi connectivity index (χ4n) is 1.22. The van der Waals surface area contributed by atoms with Crippen molar-refractivity contribution < 1.29 is 9.90 Å². The fourth-order valence-corrected chi connectivity index (χ4v) is 2.13. The number of aldehydes is 1. The Morgan fingerprint density at radius 1 is 1.46 bits per heavy atom. The molecule has 1 aromatic carbocycles. The molecule has 0 saturated carbocycles. The summed E-state index contributed by atoms with van der Waals surface area (Å²) in [7, 11) is 0. The van der Waals surface area contributed by atoms with Gasteiger partial charge in [-0.25, -0.2) is 0 Å². The fraction of sp³-hybridized carbons (Fsp3) is 0. The van der Waals surface area contributed by atoms with Crippen molar-refractivity contribution in [3.63, 3.8) is 0 Å². The first-order chi connectivity index (χ1) is 6.24. The maximum atomic E-state index is 10.5. The average molecular weight is 193 g/mol. The van der Waals surface area contributed by atoms with Gasteiger partial charge >= 0.3 is 0 Å². The summed E-state index contributed by atoms with van der Waals surface area (Å²) < 4.78 is 0.766. The van der Waals surface area contributed by atoms with Crippen LogP contribution in [0.5, 0.6) is 5.75 Å². The third-order valence-electron chi connectivity index (χ3n) is 1.92. The van der Waals surface area contributed by atoms with Gasteiger partial charge in [0.2, 0.25) is 0 Å². The summed E-state index contributed by atoms with van der Waals surface area (Å²) in [6.07, 6.45) is 0.714. The van der Waals surface area contributed by atoms with E-state index in [9.17, 15) is 9.90 Å². The Morgan fingerprint density at radius 3 is 2.92 bits per heavy atom. The number of benzene rings is 1. The Bertz CT molecular complexity index is 476. The normalized spacial score (nSPS) is 10.5. The van der Waals surface area contributed by atoms with Crippen LogP contribution in [-0.2, 0) is 0 Å². The number of nitrogens with two attached hydrogens (primary N) is 1. The van der Waals surface area contributed by atoms with E-state index in [0.717, 1.165) is 4.70 Å². The number of aromatic hydroxyl groups is 1. The number of hydrogen-bond donors (Lipinski definition) is 2. The lowest BCUT2D eigenvalue weighted by molar-refractivity contribution is 0.112. The Kier molecular flexibility index (Phi) is 1.70. The molecule has 0 amide bonds. The van der Waals surface area contributed by atoms with Gasteiger partial charge in [0.15, 0.2) is 6.29 Å². The second kappa shape index (κ2) is 2.74. The minimum absolute atomic E-state index is 0.212. The van der Waals surface area contributed by atoms with Crippen molar-refractivity contribution in [3.8, 4) is 5.75 Å². The maximum absolute atomic E-state index is 10.5. The first-order valence-electron chi connectivity index (χ1n) is 3.68. The molecule has 2 aromatic rings. The van der Waals surface area contributed by atoms with Crippen LogP contribution >= 0.6 is 11.3 Å². The maximum Gasteiger partial charge on any atom is 0.152 e. The quantitative estimate of drug-likeness (QED) is 0.537. The van der Waals surface area contributed by atoms with Gasteiger partial charge in [0.05, 0.1) is 10.4 Å². The van der Waals surface area contributed by atoms with Gasteiger partial charge in [0, 0.05) is 16.3 Å². The Hall–Kier alpha value is -1.55. The number of carbonyl (C=O) groups excluding carboxylic acids is 1. The van der Waals surface area contributed by atoms with Crippen molar-refractivity contribution in [2.45, 2.75) is 0 Å². The van der Waals surface area contributed by atoms with E-state index >= 15 is 0 Å². The number of nitrogen functional groups attached to an aromatic ring is 1. The van der Waals surface area contributed by atoms with E-state index in [1.807, 2.05) is 0 Å². The summed E-state index contributed by atoms with van der Waals surface area (Å²) in [4.78, 5) is 10.5. The molecule has 2 rings (SSSR count). The largest absolute Gasteiger partial charge is 0.506 e. The number of anilines is 1. The number of rotatable bonds is 1. The van der Waals surface area contributed by atoms with Crippen molar-refractivity contribution in [1.82, 2.24) is 0 Å². The summed E-state index contributed by atoms with van der Waals surface area (Å²) >= 11 is 1.34. The third kappa shape index (κ3) is 1.07. The molecule has 0 atom stereocenters. The molecule has 66 valence electrons. The highest BCUT2D eigenvalue weighted by molar-refractivity contribution is 7.18. The molecule has 0 aliphatic heterocycles. The first kappa shape index (κ1) is 8.07. The van der Waals surface area contributed by atoms with E-state index in [1.165, 1.54) is 11.3 Å². The standard InChI is InChI=1S/C9H7NO2S/c10-8-5(3-11)1-2-6-7(12)4-13-9(6)8/h1-4,12H,10H2. The lowest BCUT2D eigenvalue weighted by Crippen LogP contribution is -1.91. The summed E-state index contributed by atoms with van der Waals surface area (Å²) in [5.74, 6) is 0.212. The molecule has 1 aromatic heterocycles.